The summed E-state index contributed by atoms with van der Waals surface area (Å²) in [5.74, 6) is 0.0229. The van der Waals surface area contributed by atoms with Crippen LogP contribution in [0.2, 0.25) is 0 Å². The zero-order chi connectivity index (χ0) is 16.3. The van der Waals surface area contributed by atoms with Crippen LogP contribution in [0, 0.1) is 30.9 Å². The Balaban J connectivity index is 2.22. The molecular weight excluding hydrogens is 282 g/mol. The topological polar surface area (TPSA) is 69.4 Å². The molecule has 0 radical (unpaired) electrons. The number of para-hydroxylation sites is 1. The number of rotatable bonds is 4. The van der Waals surface area contributed by atoms with Crippen LogP contribution >= 0.6 is 0 Å². The van der Waals surface area contributed by atoms with Gasteiger partial charge in [0.1, 0.15) is 5.75 Å². The Morgan fingerprint density at radius 2 is 1.73 bits per heavy atom. The second-order valence-electron chi connectivity index (χ2n) is 5.19. The van der Waals surface area contributed by atoms with Crippen LogP contribution in [0.1, 0.15) is 22.3 Å². The van der Waals surface area contributed by atoms with Gasteiger partial charge in [-0.3, -0.25) is 14.9 Å². The Hall–Kier alpha value is -2.69. The van der Waals surface area contributed by atoms with Crippen LogP contribution in [0.15, 0.2) is 36.4 Å². The van der Waals surface area contributed by atoms with E-state index in [0.29, 0.717) is 11.3 Å². The van der Waals surface area contributed by atoms with Gasteiger partial charge in [0.25, 0.3) is 5.69 Å². The number of nitro groups is 1. The van der Waals surface area contributed by atoms with Gasteiger partial charge in [-0.15, -0.1) is 0 Å². The fraction of sp³-hybridized carbons (Fsp3) is 0.235. The highest BCUT2D eigenvalue weighted by Gasteiger charge is 2.18. The van der Waals surface area contributed by atoms with Crippen LogP contribution in [-0.2, 0) is 11.2 Å². The monoisotopic (exact) mass is 299 g/mol. The van der Waals surface area contributed by atoms with Gasteiger partial charge in [-0.1, -0.05) is 30.3 Å². The van der Waals surface area contributed by atoms with Gasteiger partial charge in [0.2, 0.25) is 0 Å². The van der Waals surface area contributed by atoms with Gasteiger partial charge in [-0.2, -0.15) is 0 Å². The lowest BCUT2D eigenvalue weighted by Gasteiger charge is -2.12. The van der Waals surface area contributed by atoms with Crippen LogP contribution in [0.5, 0.6) is 5.75 Å². The number of hydrogen-bond acceptors (Lipinski definition) is 4. The first-order valence-electron chi connectivity index (χ1n) is 6.90. The third-order valence-corrected chi connectivity index (χ3v) is 3.61. The molecule has 0 aromatic heterocycles. The zero-order valence-corrected chi connectivity index (χ0v) is 12.8. The first-order chi connectivity index (χ1) is 10.4. The molecule has 0 aliphatic carbocycles. The Bertz CT molecular complexity index is 737. The molecule has 2 rings (SSSR count). The number of benzene rings is 2. The predicted molar refractivity (Wildman–Crippen MR) is 83.1 cm³/mol. The summed E-state index contributed by atoms with van der Waals surface area (Å²) in [6, 6.07) is 10.0. The van der Waals surface area contributed by atoms with E-state index in [2.05, 4.69) is 0 Å². The Labute approximate surface area is 128 Å². The summed E-state index contributed by atoms with van der Waals surface area (Å²) >= 11 is 0. The molecule has 0 saturated heterocycles. The molecule has 2 aromatic carbocycles. The standard InChI is InChI=1S/C17H17NO4/c1-11-8-9-12(2)17(13(11)3)22-16(19)10-14-6-4-5-7-15(14)18(20)21/h4-9H,10H2,1-3H3. The number of hydrogen-bond donors (Lipinski definition) is 0. The lowest BCUT2D eigenvalue weighted by Crippen LogP contribution is -2.14. The molecule has 0 aliphatic heterocycles. The third kappa shape index (κ3) is 3.31. The van der Waals surface area contributed by atoms with E-state index in [-0.39, 0.29) is 12.1 Å². The highest BCUT2D eigenvalue weighted by molar-refractivity contribution is 5.77. The molecular formula is C17H17NO4. The maximum Gasteiger partial charge on any atom is 0.315 e. The van der Waals surface area contributed by atoms with Gasteiger partial charge >= 0.3 is 5.97 Å². The van der Waals surface area contributed by atoms with E-state index < -0.39 is 10.9 Å². The molecule has 0 amide bonds. The second kappa shape index (κ2) is 6.39. The molecule has 0 heterocycles. The SMILES string of the molecule is Cc1ccc(C)c(OC(=O)Cc2ccccc2[N+](=O)[O-])c1C. The van der Waals surface area contributed by atoms with Gasteiger partial charge in [0.15, 0.2) is 0 Å². The van der Waals surface area contributed by atoms with Crippen molar-refractivity contribution in [1.82, 2.24) is 0 Å². The minimum atomic E-state index is -0.508. The molecule has 2 aromatic rings. The van der Waals surface area contributed by atoms with Gasteiger partial charge in [-0.25, -0.2) is 0 Å². The van der Waals surface area contributed by atoms with E-state index in [1.807, 2.05) is 32.9 Å². The molecule has 5 heteroatoms. The Kier molecular flexibility index (Phi) is 4.56. The van der Waals surface area contributed by atoms with Crippen LogP contribution < -0.4 is 4.74 Å². The molecule has 0 N–H and O–H groups in total. The summed E-state index contributed by atoms with van der Waals surface area (Å²) in [5.41, 5.74) is 3.06. The number of carbonyl (C=O) groups excluding carboxylic acids is 1. The summed E-state index contributed by atoms with van der Waals surface area (Å²) in [5, 5.41) is 11.0. The fourth-order valence-corrected chi connectivity index (χ4v) is 2.23. The van der Waals surface area contributed by atoms with E-state index in [1.54, 1.807) is 18.2 Å². The van der Waals surface area contributed by atoms with Crippen molar-refractivity contribution in [3.05, 3.63) is 68.8 Å². The molecule has 0 bridgehead atoms. The van der Waals surface area contributed by atoms with Crippen molar-refractivity contribution in [2.45, 2.75) is 27.2 Å². The van der Waals surface area contributed by atoms with Crippen molar-refractivity contribution < 1.29 is 14.5 Å². The largest absolute Gasteiger partial charge is 0.426 e. The van der Waals surface area contributed by atoms with Crippen molar-refractivity contribution >= 4 is 11.7 Å². The van der Waals surface area contributed by atoms with Crippen LogP contribution in [-0.4, -0.2) is 10.9 Å². The van der Waals surface area contributed by atoms with Gasteiger partial charge in [0.05, 0.1) is 11.3 Å². The van der Waals surface area contributed by atoms with E-state index in [1.165, 1.54) is 6.07 Å². The maximum absolute atomic E-state index is 12.1. The first-order valence-corrected chi connectivity index (χ1v) is 6.90. The number of carbonyl (C=O) groups is 1. The average molecular weight is 299 g/mol. The number of nitro benzene ring substituents is 1. The normalized spacial score (nSPS) is 10.3. The Morgan fingerprint density at radius 1 is 1.09 bits per heavy atom. The molecule has 0 spiro atoms. The lowest BCUT2D eigenvalue weighted by molar-refractivity contribution is -0.385. The lowest BCUT2D eigenvalue weighted by atomic mass is 10.1. The summed E-state index contributed by atoms with van der Waals surface area (Å²) < 4.78 is 5.43. The van der Waals surface area contributed by atoms with Crippen molar-refractivity contribution in [3.8, 4) is 5.75 Å². The molecule has 0 saturated carbocycles. The highest BCUT2D eigenvalue weighted by atomic mass is 16.6. The molecule has 5 nitrogen and oxygen atoms in total. The zero-order valence-electron chi connectivity index (χ0n) is 12.8. The number of esters is 1. The summed E-state index contributed by atoms with van der Waals surface area (Å²) in [6.07, 6.45) is -0.135. The minimum Gasteiger partial charge on any atom is -0.426 e. The number of nitrogens with zero attached hydrogens (tertiary/aromatic N) is 1. The maximum atomic E-state index is 12.1. The van der Waals surface area contributed by atoms with Gasteiger partial charge in [-0.05, 0) is 37.5 Å². The van der Waals surface area contributed by atoms with Gasteiger partial charge < -0.3 is 4.74 Å². The minimum absolute atomic E-state index is 0.0721. The fourth-order valence-electron chi connectivity index (χ4n) is 2.23. The number of aryl methyl sites for hydroxylation is 2. The van der Waals surface area contributed by atoms with Crippen molar-refractivity contribution in [2.24, 2.45) is 0 Å². The van der Waals surface area contributed by atoms with E-state index in [0.717, 1.165) is 16.7 Å². The summed E-state index contributed by atoms with van der Waals surface area (Å²) in [6.45, 7) is 5.68. The smallest absolute Gasteiger partial charge is 0.315 e. The van der Waals surface area contributed by atoms with E-state index in [4.69, 9.17) is 4.74 Å². The molecule has 0 atom stereocenters. The van der Waals surface area contributed by atoms with Crippen LogP contribution in [0.25, 0.3) is 0 Å². The van der Waals surface area contributed by atoms with Crippen molar-refractivity contribution in [2.75, 3.05) is 0 Å². The first kappa shape index (κ1) is 15.7. The average Bonchev–Trinajstić information content (AvgIpc) is 2.48. The molecule has 114 valence electrons. The van der Waals surface area contributed by atoms with E-state index in [9.17, 15) is 14.9 Å². The van der Waals surface area contributed by atoms with Crippen molar-refractivity contribution in [1.29, 1.82) is 0 Å². The van der Waals surface area contributed by atoms with Gasteiger partial charge in [0, 0.05) is 11.6 Å². The molecule has 0 unspecified atom stereocenters. The summed E-state index contributed by atoms with van der Waals surface area (Å²) in [7, 11) is 0. The Morgan fingerprint density at radius 3 is 2.41 bits per heavy atom. The molecule has 0 fully saturated rings. The quantitative estimate of drug-likeness (QED) is 0.374. The highest BCUT2D eigenvalue weighted by Crippen LogP contribution is 2.26. The van der Waals surface area contributed by atoms with E-state index >= 15 is 0 Å². The third-order valence-electron chi connectivity index (χ3n) is 3.61. The molecule has 22 heavy (non-hydrogen) atoms. The predicted octanol–water partition coefficient (Wildman–Crippen LogP) is 3.67. The second-order valence-corrected chi connectivity index (χ2v) is 5.19. The van der Waals surface area contributed by atoms with Crippen LogP contribution in [0.4, 0.5) is 5.69 Å². The number of ether oxygens (including phenoxy) is 1. The van der Waals surface area contributed by atoms with Crippen molar-refractivity contribution in [3.63, 3.8) is 0 Å². The summed E-state index contributed by atoms with van der Waals surface area (Å²) in [4.78, 5) is 22.6. The molecule has 0 aliphatic rings. The van der Waals surface area contributed by atoms with Crippen LogP contribution in [0.3, 0.4) is 0 Å².